The average molecular weight is 256 g/mol. The number of hydrogen-bond acceptors (Lipinski definition) is 0. The maximum absolute atomic E-state index is 2.17. The van der Waals surface area contributed by atoms with Crippen molar-refractivity contribution in [1.82, 2.24) is 0 Å². The van der Waals surface area contributed by atoms with Crippen LogP contribution in [0.3, 0.4) is 0 Å². The molecule has 2 aromatic rings. The lowest BCUT2D eigenvalue weighted by atomic mass is 10.2. The first-order valence-electron chi connectivity index (χ1n) is 6.96. The van der Waals surface area contributed by atoms with E-state index in [9.17, 15) is 0 Å². The van der Waals surface area contributed by atoms with Crippen LogP contribution in [-0.2, 0) is 0 Å². The van der Waals surface area contributed by atoms with E-state index in [4.69, 9.17) is 0 Å². The summed E-state index contributed by atoms with van der Waals surface area (Å²) in [7, 11) is 0. The van der Waals surface area contributed by atoms with Crippen LogP contribution in [0.2, 0.25) is 0 Å². The maximum atomic E-state index is 2.17. The second-order valence-corrected chi connectivity index (χ2v) is 5.54. The van der Waals surface area contributed by atoms with Crippen LogP contribution in [0.5, 0.6) is 0 Å². The monoisotopic (exact) mass is 256 g/mol. The second kappa shape index (κ2) is 10.4. The minimum atomic E-state index is 0.833. The van der Waals surface area contributed by atoms with Gasteiger partial charge in [-0.25, -0.2) is 0 Å². The lowest BCUT2D eigenvalue weighted by Gasteiger charge is -1.90. The Morgan fingerprint density at radius 2 is 0.789 bits per heavy atom. The van der Waals surface area contributed by atoms with E-state index in [1.165, 1.54) is 16.7 Å². The molecule has 0 N–H and O–H groups in total. The molecule has 0 saturated carbocycles. The Bertz CT molecular complexity index is 386. The smallest absolute Gasteiger partial charge is 0.0398 e. The van der Waals surface area contributed by atoms with Gasteiger partial charge in [-0.15, -0.1) is 0 Å². The average Bonchev–Trinajstić information content (AvgIpc) is 2.34. The first-order chi connectivity index (χ1) is 8.91. The summed E-state index contributed by atoms with van der Waals surface area (Å²) in [6.45, 7) is 12.8. The molecule has 0 aliphatic rings. The highest BCUT2D eigenvalue weighted by molar-refractivity contribution is 5.19. The first-order valence-corrected chi connectivity index (χ1v) is 6.96. The Kier molecular flexibility index (Phi) is 9.52. The molecule has 0 unspecified atom stereocenters. The molecule has 104 valence electrons. The molecular weight excluding hydrogens is 228 g/mol. The third-order valence-corrected chi connectivity index (χ3v) is 2.16. The summed E-state index contributed by atoms with van der Waals surface area (Å²) in [5.41, 5.74) is 3.98. The van der Waals surface area contributed by atoms with E-state index in [0.29, 0.717) is 0 Å². The Hall–Kier alpha value is -1.56. The minimum Gasteiger partial charge on any atom is -0.0630 e. The molecule has 0 aromatic heterocycles. The van der Waals surface area contributed by atoms with Gasteiger partial charge in [-0.05, 0) is 26.7 Å². The van der Waals surface area contributed by atoms with Crippen LogP contribution in [0, 0.1) is 26.7 Å². The molecule has 0 radical (unpaired) electrons. The molecule has 0 saturated heterocycles. The molecule has 0 heteroatoms. The van der Waals surface area contributed by atoms with Crippen molar-refractivity contribution in [3.63, 3.8) is 0 Å². The van der Waals surface area contributed by atoms with Gasteiger partial charge in [0.2, 0.25) is 0 Å². The van der Waals surface area contributed by atoms with Crippen LogP contribution in [-0.4, -0.2) is 0 Å². The predicted octanol–water partition coefficient (Wildman–Crippen LogP) is 5.96. The molecular formula is C19H28. The summed E-state index contributed by atoms with van der Waals surface area (Å²) in [4.78, 5) is 0. The van der Waals surface area contributed by atoms with Crippen molar-refractivity contribution in [3.05, 3.63) is 71.3 Å². The van der Waals surface area contributed by atoms with E-state index in [0.717, 1.165) is 5.92 Å². The van der Waals surface area contributed by atoms with Crippen LogP contribution >= 0.6 is 0 Å². The van der Waals surface area contributed by atoms with Crippen molar-refractivity contribution in [2.75, 3.05) is 0 Å². The highest BCUT2D eigenvalue weighted by atomic mass is 13.9. The van der Waals surface area contributed by atoms with Gasteiger partial charge in [0.25, 0.3) is 0 Å². The topological polar surface area (TPSA) is 0 Å². The quantitative estimate of drug-likeness (QED) is 0.545. The fraction of sp³-hybridized carbons (Fsp3) is 0.368. The van der Waals surface area contributed by atoms with Crippen molar-refractivity contribution in [1.29, 1.82) is 0 Å². The molecule has 0 bridgehead atoms. The molecule has 0 nitrogen and oxygen atoms in total. The van der Waals surface area contributed by atoms with E-state index in [-0.39, 0.29) is 0 Å². The lowest BCUT2D eigenvalue weighted by molar-refractivity contribution is 0.737. The van der Waals surface area contributed by atoms with Crippen LogP contribution < -0.4 is 0 Å². The van der Waals surface area contributed by atoms with E-state index < -0.39 is 0 Å². The van der Waals surface area contributed by atoms with Crippen LogP contribution in [0.25, 0.3) is 0 Å². The number of rotatable bonds is 0. The van der Waals surface area contributed by atoms with E-state index in [1.807, 2.05) is 18.2 Å². The summed E-state index contributed by atoms with van der Waals surface area (Å²) >= 11 is 0. The number of aryl methyl sites for hydroxylation is 3. The molecule has 2 rings (SSSR count). The predicted molar refractivity (Wildman–Crippen MR) is 87.6 cm³/mol. The summed E-state index contributed by atoms with van der Waals surface area (Å²) < 4.78 is 0. The Labute approximate surface area is 119 Å². The van der Waals surface area contributed by atoms with E-state index >= 15 is 0 Å². The highest BCUT2D eigenvalue weighted by Crippen LogP contribution is 1.99. The molecule has 0 aliphatic carbocycles. The van der Waals surface area contributed by atoms with Gasteiger partial charge >= 0.3 is 0 Å². The highest BCUT2D eigenvalue weighted by Gasteiger charge is 1.79. The van der Waals surface area contributed by atoms with Crippen molar-refractivity contribution < 1.29 is 0 Å². The lowest BCUT2D eigenvalue weighted by Crippen LogP contribution is -1.70. The van der Waals surface area contributed by atoms with Gasteiger partial charge in [0.15, 0.2) is 0 Å². The second-order valence-electron chi connectivity index (χ2n) is 5.54. The Balaban J connectivity index is 0.000000272. The fourth-order valence-electron chi connectivity index (χ4n) is 1.17. The van der Waals surface area contributed by atoms with E-state index in [1.54, 1.807) is 0 Å². The van der Waals surface area contributed by atoms with E-state index in [2.05, 4.69) is 77.9 Å². The number of benzene rings is 2. The Morgan fingerprint density at radius 1 is 0.526 bits per heavy atom. The van der Waals surface area contributed by atoms with Crippen molar-refractivity contribution in [2.24, 2.45) is 5.92 Å². The summed E-state index contributed by atoms with van der Waals surface area (Å²) in [6.07, 6.45) is 0. The maximum Gasteiger partial charge on any atom is -0.0398 e. The number of hydrogen-bond donors (Lipinski definition) is 0. The van der Waals surface area contributed by atoms with Gasteiger partial charge in [0.05, 0.1) is 0 Å². The normalized spacial score (nSPS) is 9.00. The third-order valence-electron chi connectivity index (χ3n) is 2.16. The van der Waals surface area contributed by atoms with Gasteiger partial charge in [0, 0.05) is 0 Å². The minimum absolute atomic E-state index is 0.833. The zero-order valence-electron chi connectivity index (χ0n) is 13.3. The molecule has 19 heavy (non-hydrogen) atoms. The standard InChI is InChI=1S/C8H10.C7H8.C4H10/c1-7-3-5-8(2)6-4-7;1-7-5-3-2-4-6-7;1-4(2)3/h3-6H,1-2H3;2-6H,1H3;4H,1-3H3. The molecule has 0 aliphatic heterocycles. The zero-order chi connectivity index (χ0) is 14.7. The van der Waals surface area contributed by atoms with Crippen LogP contribution in [0.15, 0.2) is 54.6 Å². The Morgan fingerprint density at radius 3 is 1.00 bits per heavy atom. The summed E-state index contributed by atoms with van der Waals surface area (Å²) in [5, 5.41) is 0. The van der Waals surface area contributed by atoms with Gasteiger partial charge in [-0.1, -0.05) is 92.1 Å². The molecule has 0 spiro atoms. The van der Waals surface area contributed by atoms with Gasteiger partial charge in [0.1, 0.15) is 0 Å². The van der Waals surface area contributed by atoms with Crippen molar-refractivity contribution in [2.45, 2.75) is 41.5 Å². The van der Waals surface area contributed by atoms with Gasteiger partial charge in [-0.2, -0.15) is 0 Å². The van der Waals surface area contributed by atoms with Crippen molar-refractivity contribution in [3.8, 4) is 0 Å². The van der Waals surface area contributed by atoms with Crippen molar-refractivity contribution >= 4 is 0 Å². The molecule has 0 heterocycles. The molecule has 0 amide bonds. The SMILES string of the molecule is CC(C)C.Cc1ccc(C)cc1.Cc1ccccc1. The van der Waals surface area contributed by atoms with Gasteiger partial charge < -0.3 is 0 Å². The van der Waals surface area contributed by atoms with Crippen LogP contribution in [0.4, 0.5) is 0 Å². The summed E-state index contributed by atoms with van der Waals surface area (Å²) in [6, 6.07) is 18.7. The molecule has 0 atom stereocenters. The fourth-order valence-corrected chi connectivity index (χ4v) is 1.17. The van der Waals surface area contributed by atoms with Crippen LogP contribution in [0.1, 0.15) is 37.5 Å². The first kappa shape index (κ1) is 17.4. The summed E-state index contributed by atoms with van der Waals surface area (Å²) in [5.74, 6) is 0.833. The largest absolute Gasteiger partial charge is 0.0630 e. The third kappa shape index (κ3) is 12.7. The molecule has 2 aromatic carbocycles. The molecule has 0 fully saturated rings. The van der Waals surface area contributed by atoms with Gasteiger partial charge in [-0.3, -0.25) is 0 Å². The zero-order valence-corrected chi connectivity index (χ0v) is 13.3.